The summed E-state index contributed by atoms with van der Waals surface area (Å²) in [5, 5.41) is 6.31. The number of nitrogens with one attached hydrogen (secondary N) is 1. The van der Waals surface area contributed by atoms with Gasteiger partial charge < -0.3 is 4.42 Å². The summed E-state index contributed by atoms with van der Waals surface area (Å²) in [7, 11) is -3.72. The van der Waals surface area contributed by atoms with Gasteiger partial charge in [0.2, 0.25) is 5.91 Å². The summed E-state index contributed by atoms with van der Waals surface area (Å²) >= 11 is 5.82. The molecule has 2 aromatic carbocycles. The maximum absolute atomic E-state index is 12.5. The Labute approximate surface area is 179 Å². The number of hydrogen-bond donors (Lipinski definition) is 1. The second-order valence-electron chi connectivity index (χ2n) is 6.78. The summed E-state index contributed by atoms with van der Waals surface area (Å²) in [5.41, 5.74) is 1.93. The van der Waals surface area contributed by atoms with Gasteiger partial charge in [-0.2, -0.15) is 5.10 Å². The summed E-state index contributed by atoms with van der Waals surface area (Å²) in [6, 6.07) is 16.1. The molecule has 0 spiro atoms. The molecule has 1 amide bonds. The fourth-order valence-electron chi connectivity index (χ4n) is 3.24. The highest BCUT2D eigenvalue weighted by Gasteiger charge is 2.33. The number of hydrogen-bond acceptors (Lipinski definition) is 5. The Morgan fingerprint density at radius 1 is 1.13 bits per heavy atom. The molecule has 0 bridgehead atoms. The molecule has 1 atom stereocenters. The summed E-state index contributed by atoms with van der Waals surface area (Å²) in [4.78, 5) is 12.1. The van der Waals surface area contributed by atoms with Crippen molar-refractivity contribution < 1.29 is 17.6 Å². The second kappa shape index (κ2) is 7.97. The lowest BCUT2D eigenvalue weighted by molar-refractivity contribution is -0.130. The number of amides is 1. The molecule has 1 N–H and O–H groups in total. The van der Waals surface area contributed by atoms with E-state index in [1.165, 1.54) is 36.2 Å². The largest absolute Gasteiger partial charge is 0.467 e. The number of furan rings is 1. The fraction of sp³-hybridized carbons (Fsp3) is 0.143. The number of hydrazone groups is 1. The van der Waals surface area contributed by atoms with Gasteiger partial charge in [0.25, 0.3) is 10.0 Å². The SMILES string of the molecule is CC(=O)N1N=C(c2ccc(NS(=O)(=O)c3ccc(Cl)cc3)cc2)C[C@H]1c1ccco1. The van der Waals surface area contributed by atoms with Crippen LogP contribution < -0.4 is 4.72 Å². The van der Waals surface area contributed by atoms with Crippen molar-refractivity contribution in [2.45, 2.75) is 24.3 Å². The summed E-state index contributed by atoms with van der Waals surface area (Å²) < 4.78 is 33.0. The van der Waals surface area contributed by atoms with Gasteiger partial charge in [-0.05, 0) is 54.1 Å². The van der Waals surface area contributed by atoms with E-state index in [4.69, 9.17) is 16.0 Å². The van der Waals surface area contributed by atoms with Gasteiger partial charge in [0.1, 0.15) is 11.8 Å². The lowest BCUT2D eigenvalue weighted by atomic mass is 10.0. The molecule has 3 aromatic rings. The van der Waals surface area contributed by atoms with E-state index in [1.807, 2.05) is 6.07 Å². The number of sulfonamides is 1. The lowest BCUT2D eigenvalue weighted by Crippen LogP contribution is -2.23. The molecule has 0 radical (unpaired) electrons. The van der Waals surface area contributed by atoms with Crippen molar-refractivity contribution in [2.24, 2.45) is 5.10 Å². The van der Waals surface area contributed by atoms with Crippen LogP contribution in [0.1, 0.15) is 30.7 Å². The molecule has 154 valence electrons. The third-order valence-electron chi connectivity index (χ3n) is 4.70. The zero-order valence-electron chi connectivity index (χ0n) is 15.9. The average Bonchev–Trinajstić information content (AvgIpc) is 3.38. The van der Waals surface area contributed by atoms with E-state index in [-0.39, 0.29) is 16.8 Å². The lowest BCUT2D eigenvalue weighted by Gasteiger charge is -2.17. The first-order valence-electron chi connectivity index (χ1n) is 9.13. The Kier molecular flexibility index (Phi) is 5.36. The molecular formula is C21H18ClN3O4S. The molecule has 4 rings (SSSR count). The average molecular weight is 444 g/mol. The van der Waals surface area contributed by atoms with E-state index < -0.39 is 10.0 Å². The maximum Gasteiger partial charge on any atom is 0.261 e. The first-order chi connectivity index (χ1) is 14.3. The van der Waals surface area contributed by atoms with Crippen LogP contribution in [0.15, 0.2) is 81.3 Å². The van der Waals surface area contributed by atoms with Crippen LogP contribution in [-0.2, 0) is 14.8 Å². The van der Waals surface area contributed by atoms with Gasteiger partial charge in [-0.1, -0.05) is 23.7 Å². The predicted molar refractivity (Wildman–Crippen MR) is 114 cm³/mol. The molecule has 30 heavy (non-hydrogen) atoms. The third-order valence-corrected chi connectivity index (χ3v) is 6.35. The molecule has 0 aliphatic carbocycles. The molecule has 7 nitrogen and oxygen atoms in total. The van der Waals surface area contributed by atoms with Crippen LogP contribution in [-0.4, -0.2) is 25.0 Å². The number of halogens is 1. The van der Waals surface area contributed by atoms with Crippen LogP contribution in [0.5, 0.6) is 0 Å². The van der Waals surface area contributed by atoms with Crippen LogP contribution in [0, 0.1) is 0 Å². The van der Waals surface area contributed by atoms with Crippen molar-refractivity contribution >= 4 is 38.9 Å². The third kappa shape index (κ3) is 4.10. The first kappa shape index (κ1) is 20.2. The molecule has 0 fully saturated rings. The van der Waals surface area contributed by atoms with E-state index in [9.17, 15) is 13.2 Å². The molecule has 1 aliphatic rings. The van der Waals surface area contributed by atoms with Crippen LogP contribution in [0.2, 0.25) is 5.02 Å². The Morgan fingerprint density at radius 2 is 1.83 bits per heavy atom. The molecular weight excluding hydrogens is 426 g/mol. The zero-order valence-corrected chi connectivity index (χ0v) is 17.5. The van der Waals surface area contributed by atoms with Crippen molar-refractivity contribution in [3.8, 4) is 0 Å². The molecule has 9 heteroatoms. The van der Waals surface area contributed by atoms with Crippen LogP contribution >= 0.6 is 11.6 Å². The summed E-state index contributed by atoms with van der Waals surface area (Å²) in [6.45, 7) is 1.46. The van der Waals surface area contributed by atoms with Gasteiger partial charge >= 0.3 is 0 Å². The maximum atomic E-state index is 12.5. The molecule has 2 heterocycles. The van der Waals surface area contributed by atoms with Crippen LogP contribution in [0.25, 0.3) is 0 Å². The normalized spacial score (nSPS) is 16.4. The second-order valence-corrected chi connectivity index (χ2v) is 8.90. The minimum absolute atomic E-state index is 0.120. The van der Waals surface area contributed by atoms with Gasteiger partial charge in [-0.25, -0.2) is 13.4 Å². The minimum Gasteiger partial charge on any atom is -0.467 e. The summed E-state index contributed by atoms with van der Waals surface area (Å²) in [5.74, 6) is 0.482. The summed E-state index contributed by atoms with van der Waals surface area (Å²) in [6.07, 6.45) is 2.07. The predicted octanol–water partition coefficient (Wildman–Crippen LogP) is 4.43. The Balaban J connectivity index is 1.53. The fourth-order valence-corrected chi connectivity index (χ4v) is 4.42. The highest BCUT2D eigenvalue weighted by atomic mass is 35.5. The zero-order chi connectivity index (χ0) is 21.3. The number of carbonyl (C=O) groups excluding carboxylic acids is 1. The van der Waals surface area contributed by atoms with Gasteiger partial charge in [0.15, 0.2) is 0 Å². The molecule has 1 aliphatic heterocycles. The van der Waals surface area contributed by atoms with E-state index in [0.29, 0.717) is 22.9 Å². The molecule has 0 unspecified atom stereocenters. The Bertz CT molecular complexity index is 1190. The number of benzene rings is 2. The van der Waals surface area contributed by atoms with Crippen LogP contribution in [0.3, 0.4) is 0 Å². The van der Waals surface area contributed by atoms with Gasteiger partial charge in [0.05, 0.1) is 16.9 Å². The van der Waals surface area contributed by atoms with E-state index >= 15 is 0 Å². The number of carbonyl (C=O) groups is 1. The quantitative estimate of drug-likeness (QED) is 0.631. The Hall–Kier alpha value is -3.10. The van der Waals surface area contributed by atoms with Gasteiger partial charge in [-0.15, -0.1) is 0 Å². The van der Waals surface area contributed by atoms with E-state index in [2.05, 4.69) is 9.82 Å². The Morgan fingerprint density at radius 3 is 2.43 bits per heavy atom. The van der Waals surface area contributed by atoms with Crippen molar-refractivity contribution in [2.75, 3.05) is 4.72 Å². The smallest absolute Gasteiger partial charge is 0.261 e. The first-order valence-corrected chi connectivity index (χ1v) is 11.0. The number of nitrogens with zero attached hydrogens (tertiary/aromatic N) is 2. The standard InChI is InChI=1S/C21H18ClN3O4S/c1-14(26)25-20(21-3-2-12-29-21)13-19(23-25)15-4-8-17(9-5-15)24-30(27,28)18-10-6-16(22)7-11-18/h2-12,20,24H,13H2,1H3/t20-/m0/s1. The molecule has 1 aromatic heterocycles. The van der Waals surface area contributed by atoms with Crippen molar-refractivity contribution in [3.05, 3.63) is 83.3 Å². The van der Waals surface area contributed by atoms with Gasteiger partial charge in [0, 0.05) is 24.1 Å². The molecule has 0 saturated carbocycles. The number of rotatable bonds is 5. The highest BCUT2D eigenvalue weighted by Crippen LogP contribution is 2.33. The van der Waals surface area contributed by atoms with E-state index in [0.717, 1.165) is 11.3 Å². The number of anilines is 1. The topological polar surface area (TPSA) is 92.0 Å². The van der Waals surface area contributed by atoms with Crippen molar-refractivity contribution in [1.82, 2.24) is 5.01 Å². The highest BCUT2D eigenvalue weighted by molar-refractivity contribution is 7.92. The van der Waals surface area contributed by atoms with Crippen molar-refractivity contribution in [1.29, 1.82) is 0 Å². The van der Waals surface area contributed by atoms with Crippen LogP contribution in [0.4, 0.5) is 5.69 Å². The molecule has 0 saturated heterocycles. The monoisotopic (exact) mass is 443 g/mol. The van der Waals surface area contributed by atoms with Crippen molar-refractivity contribution in [3.63, 3.8) is 0 Å². The van der Waals surface area contributed by atoms with Gasteiger partial charge in [-0.3, -0.25) is 9.52 Å². The minimum atomic E-state index is -3.72. The van der Waals surface area contributed by atoms with E-state index in [1.54, 1.807) is 36.6 Å².